The van der Waals surface area contributed by atoms with Crippen molar-refractivity contribution in [1.82, 2.24) is 15.1 Å². The predicted octanol–water partition coefficient (Wildman–Crippen LogP) is 1.90. The van der Waals surface area contributed by atoms with Crippen LogP contribution in [-0.2, 0) is 7.05 Å². The van der Waals surface area contributed by atoms with Crippen molar-refractivity contribution in [2.45, 2.75) is 43.9 Å². The molecule has 1 aromatic heterocycles. The van der Waals surface area contributed by atoms with E-state index in [4.69, 9.17) is 4.74 Å². The lowest BCUT2D eigenvalue weighted by atomic mass is 10.0. The highest BCUT2D eigenvalue weighted by Gasteiger charge is 2.33. The molecular weight excluding hydrogens is 306 g/mol. The Balaban J connectivity index is 1.68. The van der Waals surface area contributed by atoms with E-state index in [1.54, 1.807) is 19.3 Å². The van der Waals surface area contributed by atoms with Crippen molar-refractivity contribution in [2.24, 2.45) is 7.05 Å². The second kappa shape index (κ2) is 7.49. The Bertz CT molecular complexity index is 671. The number of rotatable bonds is 4. The molecule has 3 atom stereocenters. The molecule has 1 fully saturated rings. The minimum Gasteiger partial charge on any atom is -0.488 e. The maximum absolute atomic E-state index is 12.4. The molecule has 1 aliphatic rings. The molecule has 128 valence electrons. The van der Waals surface area contributed by atoms with Gasteiger partial charge in [0, 0.05) is 13.2 Å². The van der Waals surface area contributed by atoms with Gasteiger partial charge >= 0.3 is 0 Å². The van der Waals surface area contributed by atoms with Crippen LogP contribution in [0.15, 0.2) is 42.6 Å². The monoisotopic (exact) mass is 329 g/mol. The zero-order valence-corrected chi connectivity index (χ0v) is 13.8. The molecule has 0 aliphatic heterocycles. The molecule has 2 aromatic rings. The summed E-state index contributed by atoms with van der Waals surface area (Å²) in [6, 6.07) is 10.8. The summed E-state index contributed by atoms with van der Waals surface area (Å²) in [5, 5.41) is 17.7. The first-order valence-corrected chi connectivity index (χ1v) is 8.34. The molecule has 0 bridgehead atoms. The van der Waals surface area contributed by atoms with Crippen LogP contribution in [0.25, 0.3) is 0 Å². The summed E-state index contributed by atoms with van der Waals surface area (Å²) in [5.41, 5.74) is 0.479. The molecule has 1 heterocycles. The molecule has 24 heavy (non-hydrogen) atoms. The topological polar surface area (TPSA) is 76.4 Å². The fourth-order valence-electron chi connectivity index (χ4n) is 3.11. The largest absolute Gasteiger partial charge is 0.488 e. The number of aliphatic hydroxyl groups is 1. The third-order valence-electron chi connectivity index (χ3n) is 4.45. The van der Waals surface area contributed by atoms with E-state index in [1.165, 1.54) is 4.68 Å². The van der Waals surface area contributed by atoms with Gasteiger partial charge in [0.1, 0.15) is 23.7 Å². The molecule has 0 spiro atoms. The lowest BCUT2D eigenvalue weighted by Crippen LogP contribution is -2.49. The molecule has 1 amide bonds. The maximum atomic E-state index is 12.4. The highest BCUT2D eigenvalue weighted by atomic mass is 16.5. The summed E-state index contributed by atoms with van der Waals surface area (Å²) in [6.45, 7) is 0. The number of carbonyl (C=O) groups excluding carboxylic acids is 1. The predicted molar refractivity (Wildman–Crippen MR) is 89.8 cm³/mol. The Kier molecular flexibility index (Phi) is 5.15. The van der Waals surface area contributed by atoms with E-state index in [1.807, 2.05) is 30.3 Å². The number of ether oxygens (including phenoxy) is 1. The standard InChI is InChI=1S/C18H23N3O3/c1-21-15(11-12-19-21)18(23)20-14-9-5-6-10-16(17(14)22)24-13-7-3-2-4-8-13/h2-4,7-8,11-12,14,16-17,22H,5-6,9-10H2,1H3,(H,20,23)/t14-,16-,17-/m1/s1. The van der Waals surface area contributed by atoms with E-state index < -0.39 is 6.10 Å². The summed E-state index contributed by atoms with van der Waals surface area (Å²) in [6.07, 6.45) is 3.93. The van der Waals surface area contributed by atoms with Gasteiger partial charge in [-0.3, -0.25) is 9.48 Å². The molecule has 6 nitrogen and oxygen atoms in total. The number of hydrogen-bond acceptors (Lipinski definition) is 4. The van der Waals surface area contributed by atoms with Crippen LogP contribution in [-0.4, -0.2) is 39.0 Å². The Morgan fingerprint density at radius 3 is 2.71 bits per heavy atom. The molecule has 1 aliphatic carbocycles. The zero-order chi connectivity index (χ0) is 16.9. The van der Waals surface area contributed by atoms with E-state index in [-0.39, 0.29) is 18.1 Å². The Hall–Kier alpha value is -2.34. The number of hydrogen-bond donors (Lipinski definition) is 2. The Labute approximate surface area is 141 Å². The smallest absolute Gasteiger partial charge is 0.269 e. The van der Waals surface area contributed by atoms with Crippen LogP contribution in [0, 0.1) is 0 Å². The van der Waals surface area contributed by atoms with Crippen LogP contribution in [0.3, 0.4) is 0 Å². The summed E-state index contributed by atoms with van der Waals surface area (Å²) in [5.74, 6) is 0.513. The number of carbonyl (C=O) groups is 1. The second-order valence-corrected chi connectivity index (χ2v) is 6.16. The maximum Gasteiger partial charge on any atom is 0.269 e. The summed E-state index contributed by atoms with van der Waals surface area (Å²) in [7, 11) is 1.72. The van der Waals surface area contributed by atoms with E-state index in [0.29, 0.717) is 5.69 Å². The van der Waals surface area contributed by atoms with Crippen LogP contribution in [0.4, 0.5) is 0 Å². The van der Waals surface area contributed by atoms with Gasteiger partial charge in [-0.15, -0.1) is 0 Å². The summed E-state index contributed by atoms with van der Waals surface area (Å²) < 4.78 is 7.48. The number of nitrogens with one attached hydrogen (secondary N) is 1. The molecule has 0 saturated heterocycles. The molecule has 1 aromatic carbocycles. The molecular formula is C18H23N3O3. The van der Waals surface area contributed by atoms with Crippen LogP contribution < -0.4 is 10.1 Å². The highest BCUT2D eigenvalue weighted by molar-refractivity contribution is 5.92. The number of nitrogens with zero attached hydrogens (tertiary/aromatic N) is 2. The second-order valence-electron chi connectivity index (χ2n) is 6.16. The third-order valence-corrected chi connectivity index (χ3v) is 4.45. The van der Waals surface area contributed by atoms with E-state index in [9.17, 15) is 9.90 Å². The molecule has 3 rings (SSSR count). The van der Waals surface area contributed by atoms with Gasteiger partial charge in [0.15, 0.2) is 0 Å². The Morgan fingerprint density at radius 1 is 1.25 bits per heavy atom. The van der Waals surface area contributed by atoms with Crippen LogP contribution >= 0.6 is 0 Å². The van der Waals surface area contributed by atoms with Crippen LogP contribution in [0.2, 0.25) is 0 Å². The van der Waals surface area contributed by atoms with Crippen LogP contribution in [0.5, 0.6) is 5.75 Å². The van der Waals surface area contributed by atoms with Crippen molar-refractivity contribution in [3.05, 3.63) is 48.3 Å². The SMILES string of the molecule is Cn1nccc1C(=O)N[C@@H]1CCCC[C@@H](Oc2ccccc2)[C@@H]1O. The van der Waals surface area contributed by atoms with Gasteiger partial charge in [-0.2, -0.15) is 5.10 Å². The van der Waals surface area contributed by atoms with Crippen molar-refractivity contribution < 1.29 is 14.6 Å². The first-order valence-electron chi connectivity index (χ1n) is 8.34. The molecule has 6 heteroatoms. The number of aliphatic hydroxyl groups excluding tert-OH is 1. The fraction of sp³-hybridized carbons (Fsp3) is 0.444. The molecule has 2 N–H and O–H groups in total. The zero-order valence-electron chi connectivity index (χ0n) is 13.8. The fourth-order valence-corrected chi connectivity index (χ4v) is 3.11. The van der Waals surface area contributed by atoms with Crippen molar-refractivity contribution >= 4 is 5.91 Å². The van der Waals surface area contributed by atoms with Gasteiger partial charge in [0.2, 0.25) is 0 Å². The van der Waals surface area contributed by atoms with E-state index in [0.717, 1.165) is 31.4 Å². The third kappa shape index (κ3) is 3.76. The van der Waals surface area contributed by atoms with Gasteiger partial charge < -0.3 is 15.2 Å². The number of para-hydroxylation sites is 1. The minimum atomic E-state index is -0.745. The van der Waals surface area contributed by atoms with Crippen LogP contribution in [0.1, 0.15) is 36.2 Å². The van der Waals surface area contributed by atoms with Gasteiger partial charge in [-0.1, -0.05) is 24.6 Å². The van der Waals surface area contributed by atoms with Crippen molar-refractivity contribution in [3.8, 4) is 5.75 Å². The highest BCUT2D eigenvalue weighted by Crippen LogP contribution is 2.24. The number of aromatic nitrogens is 2. The van der Waals surface area contributed by atoms with Gasteiger partial charge in [0.25, 0.3) is 5.91 Å². The van der Waals surface area contributed by atoms with Crippen molar-refractivity contribution in [2.75, 3.05) is 0 Å². The summed E-state index contributed by atoms with van der Waals surface area (Å²) >= 11 is 0. The van der Waals surface area contributed by atoms with E-state index >= 15 is 0 Å². The average molecular weight is 329 g/mol. The minimum absolute atomic E-state index is 0.223. The van der Waals surface area contributed by atoms with Gasteiger partial charge in [0.05, 0.1) is 6.04 Å². The molecule has 1 saturated carbocycles. The summed E-state index contributed by atoms with van der Waals surface area (Å²) in [4.78, 5) is 12.4. The Morgan fingerprint density at radius 2 is 2.00 bits per heavy atom. The normalized spacial score (nSPS) is 24.2. The average Bonchev–Trinajstić information content (AvgIpc) is 2.95. The quantitative estimate of drug-likeness (QED) is 0.840. The lowest BCUT2D eigenvalue weighted by molar-refractivity contribution is 0.0128. The lowest BCUT2D eigenvalue weighted by Gasteiger charge is -2.28. The molecule has 0 unspecified atom stereocenters. The number of aryl methyl sites for hydroxylation is 1. The number of amides is 1. The van der Waals surface area contributed by atoms with Gasteiger partial charge in [-0.05, 0) is 37.5 Å². The van der Waals surface area contributed by atoms with Crippen molar-refractivity contribution in [1.29, 1.82) is 0 Å². The van der Waals surface area contributed by atoms with E-state index in [2.05, 4.69) is 10.4 Å². The van der Waals surface area contributed by atoms with Gasteiger partial charge in [-0.25, -0.2) is 0 Å². The first-order chi connectivity index (χ1) is 11.6. The number of benzene rings is 1. The first kappa shape index (κ1) is 16.5. The molecule has 0 radical (unpaired) electrons. The van der Waals surface area contributed by atoms with Crippen molar-refractivity contribution in [3.63, 3.8) is 0 Å².